The number of amides is 2. The van der Waals surface area contributed by atoms with Crippen molar-refractivity contribution in [3.05, 3.63) is 60.1 Å². The number of benzene rings is 1. The maximum atomic E-state index is 13.1. The molecule has 5 nitrogen and oxygen atoms in total. The summed E-state index contributed by atoms with van der Waals surface area (Å²) in [5.41, 5.74) is 0.818. The molecule has 1 aliphatic heterocycles. The first-order valence-electron chi connectivity index (χ1n) is 9.34. The van der Waals surface area contributed by atoms with Gasteiger partial charge in [-0.2, -0.15) is 0 Å². The van der Waals surface area contributed by atoms with Crippen LogP contribution >= 0.6 is 0 Å². The summed E-state index contributed by atoms with van der Waals surface area (Å²) in [6, 6.07) is 13.7. The highest BCUT2D eigenvalue weighted by Crippen LogP contribution is 2.49. The van der Waals surface area contributed by atoms with Crippen LogP contribution in [-0.2, 0) is 21.5 Å². The molecule has 2 aromatic rings. The van der Waals surface area contributed by atoms with E-state index < -0.39 is 0 Å². The zero-order chi connectivity index (χ0) is 18.0. The van der Waals surface area contributed by atoms with E-state index in [0.717, 1.165) is 37.0 Å². The SMILES string of the molecule is O=C(NCc1ccco1)C1CCN(C(=O)C2(c3ccccc3)CC2)CC1. The van der Waals surface area contributed by atoms with Gasteiger partial charge in [0.05, 0.1) is 18.2 Å². The number of carbonyl (C=O) groups excluding carboxylic acids is 2. The predicted molar refractivity (Wildman–Crippen MR) is 97.2 cm³/mol. The Morgan fingerprint density at radius 1 is 1.08 bits per heavy atom. The summed E-state index contributed by atoms with van der Waals surface area (Å²) < 4.78 is 5.24. The molecule has 1 saturated carbocycles. The van der Waals surface area contributed by atoms with Crippen LogP contribution in [0.4, 0.5) is 0 Å². The third kappa shape index (κ3) is 3.26. The summed E-state index contributed by atoms with van der Waals surface area (Å²) in [6.45, 7) is 1.74. The normalized spacial score (nSPS) is 19.2. The lowest BCUT2D eigenvalue weighted by molar-refractivity contribution is -0.137. The average molecular weight is 352 g/mol. The summed E-state index contributed by atoms with van der Waals surface area (Å²) in [5.74, 6) is 1.02. The number of nitrogens with zero attached hydrogens (tertiary/aromatic N) is 1. The van der Waals surface area contributed by atoms with Crippen LogP contribution in [-0.4, -0.2) is 29.8 Å². The maximum Gasteiger partial charge on any atom is 0.233 e. The molecule has 1 N–H and O–H groups in total. The molecular formula is C21H24N2O3. The van der Waals surface area contributed by atoms with Crippen LogP contribution < -0.4 is 5.32 Å². The first-order chi connectivity index (χ1) is 12.7. The van der Waals surface area contributed by atoms with Crippen molar-refractivity contribution in [2.24, 2.45) is 5.92 Å². The molecule has 0 atom stereocenters. The summed E-state index contributed by atoms with van der Waals surface area (Å²) >= 11 is 0. The molecule has 2 fully saturated rings. The Bertz CT molecular complexity index is 758. The van der Waals surface area contributed by atoms with Gasteiger partial charge in [0.25, 0.3) is 0 Å². The fraction of sp³-hybridized carbons (Fsp3) is 0.429. The second kappa shape index (κ2) is 6.98. The Morgan fingerprint density at radius 2 is 1.81 bits per heavy atom. The van der Waals surface area contributed by atoms with E-state index in [9.17, 15) is 9.59 Å². The first-order valence-corrected chi connectivity index (χ1v) is 9.34. The van der Waals surface area contributed by atoms with Crippen molar-refractivity contribution >= 4 is 11.8 Å². The first kappa shape index (κ1) is 16.9. The van der Waals surface area contributed by atoms with Crippen LogP contribution in [0.25, 0.3) is 0 Å². The quantitative estimate of drug-likeness (QED) is 0.900. The smallest absolute Gasteiger partial charge is 0.233 e. The fourth-order valence-corrected chi connectivity index (χ4v) is 3.89. The molecule has 0 spiro atoms. The Balaban J connectivity index is 1.31. The van der Waals surface area contributed by atoms with Crippen molar-refractivity contribution in [3.8, 4) is 0 Å². The van der Waals surface area contributed by atoms with E-state index in [-0.39, 0.29) is 23.1 Å². The molecule has 136 valence electrons. The molecule has 5 heteroatoms. The van der Waals surface area contributed by atoms with Crippen molar-refractivity contribution in [1.82, 2.24) is 10.2 Å². The second-order valence-corrected chi connectivity index (χ2v) is 7.31. The number of hydrogen-bond acceptors (Lipinski definition) is 3. The van der Waals surface area contributed by atoms with E-state index in [4.69, 9.17) is 4.42 Å². The van der Waals surface area contributed by atoms with Gasteiger partial charge in [-0.1, -0.05) is 30.3 Å². The Hall–Kier alpha value is -2.56. The minimum absolute atomic E-state index is 0.0270. The fourth-order valence-electron chi connectivity index (χ4n) is 3.89. The van der Waals surface area contributed by atoms with Crippen LogP contribution in [0.1, 0.15) is 37.0 Å². The van der Waals surface area contributed by atoms with Crippen LogP contribution in [0.3, 0.4) is 0 Å². The van der Waals surface area contributed by atoms with Crippen LogP contribution in [0.5, 0.6) is 0 Å². The highest BCUT2D eigenvalue weighted by molar-refractivity contribution is 5.91. The van der Waals surface area contributed by atoms with Gasteiger partial charge in [0.2, 0.25) is 11.8 Å². The molecule has 0 radical (unpaired) electrons. The van der Waals surface area contributed by atoms with E-state index in [1.165, 1.54) is 0 Å². The molecule has 1 saturated heterocycles. The zero-order valence-corrected chi connectivity index (χ0v) is 14.8. The van der Waals surface area contributed by atoms with Crippen LogP contribution in [0.2, 0.25) is 0 Å². The van der Waals surface area contributed by atoms with Crippen molar-refractivity contribution in [1.29, 1.82) is 0 Å². The molecule has 0 unspecified atom stereocenters. The van der Waals surface area contributed by atoms with Gasteiger partial charge in [0, 0.05) is 19.0 Å². The summed E-state index contributed by atoms with van der Waals surface area (Å²) in [7, 11) is 0. The van der Waals surface area contributed by atoms with Gasteiger partial charge in [-0.25, -0.2) is 0 Å². The van der Waals surface area contributed by atoms with E-state index in [1.54, 1.807) is 6.26 Å². The zero-order valence-electron chi connectivity index (χ0n) is 14.8. The molecular weight excluding hydrogens is 328 g/mol. The molecule has 1 aromatic heterocycles. The number of hydrogen-bond donors (Lipinski definition) is 1. The molecule has 26 heavy (non-hydrogen) atoms. The summed E-state index contributed by atoms with van der Waals surface area (Å²) in [5, 5.41) is 2.93. The monoisotopic (exact) mass is 352 g/mol. The third-order valence-corrected chi connectivity index (χ3v) is 5.66. The average Bonchev–Trinajstić information content (AvgIpc) is 3.35. The van der Waals surface area contributed by atoms with E-state index >= 15 is 0 Å². The largest absolute Gasteiger partial charge is 0.467 e. The van der Waals surface area contributed by atoms with Crippen LogP contribution in [0, 0.1) is 5.92 Å². The number of piperidine rings is 1. The molecule has 2 aliphatic rings. The number of nitrogens with one attached hydrogen (secondary N) is 1. The van der Waals surface area contributed by atoms with E-state index in [2.05, 4.69) is 17.4 Å². The highest BCUT2D eigenvalue weighted by Gasteiger charge is 2.53. The van der Waals surface area contributed by atoms with Gasteiger partial charge in [0.15, 0.2) is 0 Å². The number of carbonyl (C=O) groups is 2. The molecule has 0 bridgehead atoms. The topological polar surface area (TPSA) is 62.6 Å². The number of likely N-dealkylation sites (tertiary alicyclic amines) is 1. The van der Waals surface area contributed by atoms with Gasteiger partial charge in [-0.15, -0.1) is 0 Å². The highest BCUT2D eigenvalue weighted by atomic mass is 16.3. The van der Waals surface area contributed by atoms with E-state index in [0.29, 0.717) is 19.6 Å². The second-order valence-electron chi connectivity index (χ2n) is 7.31. The van der Waals surface area contributed by atoms with Crippen LogP contribution in [0.15, 0.2) is 53.1 Å². The number of furan rings is 1. The van der Waals surface area contributed by atoms with Crippen molar-refractivity contribution in [2.75, 3.05) is 13.1 Å². The minimum atomic E-state index is -0.310. The Morgan fingerprint density at radius 3 is 2.42 bits per heavy atom. The number of rotatable bonds is 5. The Kier molecular flexibility index (Phi) is 4.53. The summed E-state index contributed by atoms with van der Waals surface area (Å²) in [4.78, 5) is 27.4. The molecule has 2 heterocycles. The minimum Gasteiger partial charge on any atom is -0.467 e. The maximum absolute atomic E-state index is 13.1. The van der Waals surface area contributed by atoms with Gasteiger partial charge in [0.1, 0.15) is 5.76 Å². The Labute approximate surface area is 153 Å². The lowest BCUT2D eigenvalue weighted by Gasteiger charge is -2.34. The summed E-state index contributed by atoms with van der Waals surface area (Å²) in [6.07, 6.45) is 4.91. The van der Waals surface area contributed by atoms with Gasteiger partial charge in [-0.3, -0.25) is 9.59 Å². The lowest BCUT2D eigenvalue weighted by atomic mass is 9.91. The standard InChI is InChI=1S/C21H24N2O3/c24-19(22-15-18-7-4-14-26-18)16-8-12-23(13-9-16)20(25)21(10-11-21)17-5-2-1-3-6-17/h1-7,14,16H,8-13,15H2,(H,22,24). The third-order valence-electron chi connectivity index (χ3n) is 5.66. The van der Waals surface area contributed by atoms with Crippen molar-refractivity contribution < 1.29 is 14.0 Å². The van der Waals surface area contributed by atoms with Gasteiger partial charge in [-0.05, 0) is 43.4 Å². The molecule has 2 amide bonds. The van der Waals surface area contributed by atoms with Gasteiger partial charge >= 0.3 is 0 Å². The molecule has 1 aromatic carbocycles. The van der Waals surface area contributed by atoms with Crippen molar-refractivity contribution in [3.63, 3.8) is 0 Å². The molecule has 4 rings (SSSR count). The predicted octanol–water partition coefficient (Wildman–Crippen LogP) is 2.87. The van der Waals surface area contributed by atoms with Gasteiger partial charge < -0.3 is 14.6 Å². The van der Waals surface area contributed by atoms with E-state index in [1.807, 2.05) is 35.2 Å². The molecule has 1 aliphatic carbocycles. The van der Waals surface area contributed by atoms with Crippen molar-refractivity contribution in [2.45, 2.75) is 37.6 Å². The lowest BCUT2D eigenvalue weighted by Crippen LogP contribution is -2.46.